The SMILES string of the molecule is C=CCNc1nnc(S[C@@H](C)c2nnc(-c3ccccc3)o2)s1. The molecule has 0 fully saturated rings. The number of hydrogen-bond acceptors (Lipinski definition) is 8. The second kappa shape index (κ2) is 7.38. The first-order chi connectivity index (χ1) is 11.3. The molecule has 6 nitrogen and oxygen atoms in total. The second-order valence-corrected chi connectivity index (χ2v) is 7.18. The van der Waals surface area contributed by atoms with Crippen molar-refractivity contribution in [1.82, 2.24) is 20.4 Å². The summed E-state index contributed by atoms with van der Waals surface area (Å²) in [5, 5.41) is 20.4. The number of nitrogens with one attached hydrogen (secondary N) is 1. The maximum Gasteiger partial charge on any atom is 0.247 e. The summed E-state index contributed by atoms with van der Waals surface area (Å²) in [4.78, 5) is 0. The fourth-order valence-electron chi connectivity index (χ4n) is 1.79. The van der Waals surface area contributed by atoms with Gasteiger partial charge in [-0.1, -0.05) is 47.4 Å². The zero-order valence-corrected chi connectivity index (χ0v) is 14.1. The Hall–Kier alpha value is -2.19. The van der Waals surface area contributed by atoms with Crippen LogP contribution < -0.4 is 5.32 Å². The molecule has 0 radical (unpaired) electrons. The van der Waals surface area contributed by atoms with E-state index in [4.69, 9.17) is 4.42 Å². The van der Waals surface area contributed by atoms with E-state index in [-0.39, 0.29) is 5.25 Å². The molecule has 0 bridgehead atoms. The summed E-state index contributed by atoms with van der Waals surface area (Å²) in [5.41, 5.74) is 0.912. The molecule has 1 atom stereocenters. The summed E-state index contributed by atoms with van der Waals surface area (Å²) in [5.74, 6) is 1.10. The Morgan fingerprint density at radius 3 is 2.87 bits per heavy atom. The minimum absolute atomic E-state index is 0.000154. The molecule has 0 saturated carbocycles. The molecule has 0 aliphatic rings. The van der Waals surface area contributed by atoms with Crippen molar-refractivity contribution in [3.05, 3.63) is 48.9 Å². The van der Waals surface area contributed by atoms with Gasteiger partial charge in [0.05, 0.1) is 5.25 Å². The molecule has 2 aromatic heterocycles. The number of aromatic nitrogens is 4. The van der Waals surface area contributed by atoms with E-state index in [1.807, 2.05) is 37.3 Å². The van der Waals surface area contributed by atoms with Crippen LogP contribution in [0.5, 0.6) is 0 Å². The van der Waals surface area contributed by atoms with Gasteiger partial charge in [0.25, 0.3) is 0 Å². The smallest absolute Gasteiger partial charge is 0.247 e. The average Bonchev–Trinajstić information content (AvgIpc) is 3.23. The van der Waals surface area contributed by atoms with Crippen molar-refractivity contribution < 1.29 is 4.42 Å². The molecular weight excluding hydrogens is 330 g/mol. The minimum atomic E-state index is 0.000154. The van der Waals surface area contributed by atoms with E-state index in [2.05, 4.69) is 32.3 Å². The Morgan fingerprint density at radius 2 is 2.09 bits per heavy atom. The van der Waals surface area contributed by atoms with E-state index < -0.39 is 0 Å². The van der Waals surface area contributed by atoms with Crippen LogP contribution in [0, 0.1) is 0 Å². The molecule has 0 aliphatic heterocycles. The van der Waals surface area contributed by atoms with Crippen molar-refractivity contribution in [2.75, 3.05) is 11.9 Å². The van der Waals surface area contributed by atoms with Crippen LogP contribution in [0.15, 0.2) is 51.7 Å². The highest BCUT2D eigenvalue weighted by Crippen LogP contribution is 2.37. The van der Waals surface area contributed by atoms with E-state index in [1.165, 1.54) is 11.3 Å². The lowest BCUT2D eigenvalue weighted by molar-refractivity contribution is 0.509. The molecule has 0 amide bonds. The maximum absolute atomic E-state index is 5.76. The van der Waals surface area contributed by atoms with E-state index in [0.717, 1.165) is 15.0 Å². The first-order valence-electron chi connectivity index (χ1n) is 7.00. The van der Waals surface area contributed by atoms with Crippen LogP contribution >= 0.6 is 23.1 Å². The maximum atomic E-state index is 5.76. The van der Waals surface area contributed by atoms with Gasteiger partial charge in [0.15, 0.2) is 4.34 Å². The number of benzene rings is 1. The van der Waals surface area contributed by atoms with Crippen molar-refractivity contribution in [3.8, 4) is 11.5 Å². The van der Waals surface area contributed by atoms with Gasteiger partial charge in [-0.05, 0) is 19.1 Å². The molecule has 0 saturated heterocycles. The highest BCUT2D eigenvalue weighted by molar-refractivity contribution is 8.01. The number of thioether (sulfide) groups is 1. The third-order valence-corrected chi connectivity index (χ3v) is 4.94. The largest absolute Gasteiger partial charge is 0.419 e. The molecule has 0 spiro atoms. The Bertz CT molecular complexity index is 771. The van der Waals surface area contributed by atoms with Crippen molar-refractivity contribution in [2.24, 2.45) is 0 Å². The molecular formula is C15H15N5OS2. The summed E-state index contributed by atoms with van der Waals surface area (Å²) in [6.45, 7) is 6.33. The van der Waals surface area contributed by atoms with Crippen LogP contribution in [0.2, 0.25) is 0 Å². The van der Waals surface area contributed by atoms with Gasteiger partial charge in [-0.15, -0.1) is 27.0 Å². The van der Waals surface area contributed by atoms with Crippen molar-refractivity contribution in [2.45, 2.75) is 16.5 Å². The van der Waals surface area contributed by atoms with Crippen molar-refractivity contribution in [3.63, 3.8) is 0 Å². The number of hydrogen-bond donors (Lipinski definition) is 1. The van der Waals surface area contributed by atoms with Gasteiger partial charge in [0.2, 0.25) is 16.9 Å². The molecule has 23 heavy (non-hydrogen) atoms. The van der Waals surface area contributed by atoms with Crippen LogP contribution in [-0.4, -0.2) is 26.9 Å². The second-order valence-electron chi connectivity index (χ2n) is 4.61. The topological polar surface area (TPSA) is 76.7 Å². The standard InChI is InChI=1S/C15H15N5OS2/c1-3-9-16-14-19-20-15(23-14)22-10(2)12-17-18-13(21-12)11-7-5-4-6-8-11/h3-8,10H,1,9H2,2H3,(H,16,19)/t10-/m0/s1. The van der Waals surface area contributed by atoms with Gasteiger partial charge < -0.3 is 9.73 Å². The lowest BCUT2D eigenvalue weighted by Crippen LogP contribution is -1.96. The number of rotatable bonds is 7. The first kappa shape index (κ1) is 15.7. The first-order valence-corrected chi connectivity index (χ1v) is 8.69. The Morgan fingerprint density at radius 1 is 1.26 bits per heavy atom. The van der Waals surface area contributed by atoms with Crippen LogP contribution in [-0.2, 0) is 0 Å². The minimum Gasteiger partial charge on any atom is -0.419 e. The summed E-state index contributed by atoms with van der Waals surface area (Å²) >= 11 is 3.03. The van der Waals surface area contributed by atoms with Gasteiger partial charge in [0, 0.05) is 12.1 Å². The monoisotopic (exact) mass is 345 g/mol. The predicted molar refractivity (Wildman–Crippen MR) is 92.6 cm³/mol. The normalized spacial score (nSPS) is 12.0. The average molecular weight is 345 g/mol. The van der Waals surface area contributed by atoms with Crippen LogP contribution in [0.4, 0.5) is 5.13 Å². The summed E-state index contributed by atoms with van der Waals surface area (Å²) in [7, 11) is 0. The molecule has 118 valence electrons. The zero-order valence-electron chi connectivity index (χ0n) is 12.5. The van der Waals surface area contributed by atoms with Crippen molar-refractivity contribution in [1.29, 1.82) is 0 Å². The lowest BCUT2D eigenvalue weighted by Gasteiger charge is -2.02. The molecule has 2 heterocycles. The molecule has 0 aliphatic carbocycles. The fourth-order valence-corrected chi connectivity index (χ4v) is 3.72. The van der Waals surface area contributed by atoms with Gasteiger partial charge >= 0.3 is 0 Å². The van der Waals surface area contributed by atoms with Crippen LogP contribution in [0.3, 0.4) is 0 Å². The van der Waals surface area contributed by atoms with Gasteiger partial charge in [-0.25, -0.2) is 0 Å². The quantitative estimate of drug-likeness (QED) is 0.511. The highest BCUT2D eigenvalue weighted by Gasteiger charge is 2.18. The van der Waals surface area contributed by atoms with Crippen LogP contribution in [0.25, 0.3) is 11.5 Å². The third-order valence-electron chi connectivity index (χ3n) is 2.89. The van der Waals surface area contributed by atoms with Gasteiger partial charge in [-0.2, -0.15) is 0 Å². The number of anilines is 1. The molecule has 1 N–H and O–H groups in total. The van der Waals surface area contributed by atoms with E-state index in [0.29, 0.717) is 18.3 Å². The summed E-state index contributed by atoms with van der Waals surface area (Å²) in [6, 6.07) is 9.72. The molecule has 3 aromatic rings. The number of nitrogens with zero attached hydrogens (tertiary/aromatic N) is 4. The fraction of sp³-hybridized carbons (Fsp3) is 0.200. The zero-order chi connectivity index (χ0) is 16.1. The Balaban J connectivity index is 1.66. The molecule has 0 unspecified atom stereocenters. The van der Waals surface area contributed by atoms with Crippen LogP contribution in [0.1, 0.15) is 18.1 Å². The van der Waals surface area contributed by atoms with E-state index >= 15 is 0 Å². The molecule has 3 rings (SSSR count). The lowest BCUT2D eigenvalue weighted by atomic mass is 10.2. The highest BCUT2D eigenvalue weighted by atomic mass is 32.2. The van der Waals surface area contributed by atoms with E-state index in [1.54, 1.807) is 17.8 Å². The van der Waals surface area contributed by atoms with Gasteiger partial charge in [-0.3, -0.25) is 0 Å². The summed E-state index contributed by atoms with van der Waals surface area (Å²) < 4.78 is 6.61. The Kier molecular flexibility index (Phi) is 5.04. The summed E-state index contributed by atoms with van der Waals surface area (Å²) in [6.07, 6.45) is 1.78. The molecule has 1 aromatic carbocycles. The van der Waals surface area contributed by atoms with E-state index in [9.17, 15) is 0 Å². The molecule has 8 heteroatoms. The van der Waals surface area contributed by atoms with Gasteiger partial charge in [0.1, 0.15) is 0 Å². The predicted octanol–water partition coefficient (Wildman–Crippen LogP) is 4.04. The third kappa shape index (κ3) is 3.96. The Labute approximate surface area is 142 Å². The van der Waals surface area contributed by atoms with Crippen molar-refractivity contribution >= 4 is 28.2 Å².